The summed E-state index contributed by atoms with van der Waals surface area (Å²) in [6, 6.07) is 0. The summed E-state index contributed by atoms with van der Waals surface area (Å²) < 4.78 is 0. The van der Waals surface area contributed by atoms with Crippen LogP contribution in [0.25, 0.3) is 0 Å². The quantitative estimate of drug-likeness (QED) is 0.597. The van der Waals surface area contributed by atoms with Gasteiger partial charge in [0.05, 0.1) is 0 Å². The zero-order valence-electron chi connectivity index (χ0n) is 4.01. The third-order valence-corrected chi connectivity index (χ3v) is 0.309. The standard InChI is InChI=1S/C4H6O2.Zr/c1-2-3-4(5)6;/h2-3H,1H3,(H,5,6);. The van der Waals surface area contributed by atoms with E-state index >= 15 is 0 Å². The van der Waals surface area contributed by atoms with Crippen molar-refractivity contribution in [3.05, 3.63) is 12.2 Å². The van der Waals surface area contributed by atoms with Gasteiger partial charge in [0.15, 0.2) is 0 Å². The Hall–Kier alpha value is 0.0931. The second kappa shape index (κ2) is 6.09. The fraction of sp³-hybridized carbons (Fsp3) is 0.250. The van der Waals surface area contributed by atoms with E-state index in [9.17, 15) is 4.79 Å². The predicted molar refractivity (Wildman–Crippen MR) is 22.4 cm³/mol. The van der Waals surface area contributed by atoms with Gasteiger partial charge in [-0.05, 0) is 6.92 Å². The topological polar surface area (TPSA) is 37.3 Å². The van der Waals surface area contributed by atoms with Crippen LogP contribution in [0.5, 0.6) is 0 Å². The molecule has 0 saturated heterocycles. The molecule has 3 heteroatoms. The molecule has 0 aromatic carbocycles. The first-order chi connectivity index (χ1) is 2.77. The van der Waals surface area contributed by atoms with Crippen molar-refractivity contribution in [3.63, 3.8) is 0 Å². The predicted octanol–water partition coefficient (Wildman–Crippen LogP) is 0.645. The molecule has 38 valence electrons. The Balaban J connectivity index is 0. The molecule has 0 aromatic rings. The van der Waals surface area contributed by atoms with E-state index in [1.165, 1.54) is 6.08 Å². The second-order valence-corrected chi connectivity index (χ2v) is 0.838. The smallest absolute Gasteiger partial charge is 0.327 e. The van der Waals surface area contributed by atoms with Gasteiger partial charge in [-0.3, -0.25) is 0 Å². The molecule has 0 amide bonds. The Kier molecular flexibility index (Phi) is 8.84. The summed E-state index contributed by atoms with van der Waals surface area (Å²) in [4.78, 5) is 9.51. The summed E-state index contributed by atoms with van der Waals surface area (Å²) in [6.45, 7) is 1.66. The van der Waals surface area contributed by atoms with E-state index in [0.29, 0.717) is 0 Å². The van der Waals surface area contributed by atoms with E-state index in [4.69, 9.17) is 5.11 Å². The normalized spacial score (nSPS) is 8.14. The summed E-state index contributed by atoms with van der Waals surface area (Å²) in [6.07, 6.45) is 2.56. The van der Waals surface area contributed by atoms with Crippen LogP contribution in [0, 0.1) is 0 Å². The Morgan fingerprint density at radius 2 is 2.14 bits per heavy atom. The SMILES string of the molecule is CC=CC(=O)O.[Zr]. The van der Waals surface area contributed by atoms with E-state index < -0.39 is 5.97 Å². The van der Waals surface area contributed by atoms with Crippen LogP contribution in [0.4, 0.5) is 0 Å². The summed E-state index contributed by atoms with van der Waals surface area (Å²) in [5.41, 5.74) is 0. The van der Waals surface area contributed by atoms with Crippen molar-refractivity contribution in [1.29, 1.82) is 0 Å². The van der Waals surface area contributed by atoms with E-state index in [0.717, 1.165) is 6.08 Å². The molecule has 7 heavy (non-hydrogen) atoms. The largest absolute Gasteiger partial charge is 0.478 e. The summed E-state index contributed by atoms with van der Waals surface area (Å²) in [7, 11) is 0. The van der Waals surface area contributed by atoms with Crippen molar-refractivity contribution in [2.45, 2.75) is 6.92 Å². The number of allylic oxidation sites excluding steroid dienone is 1. The van der Waals surface area contributed by atoms with Gasteiger partial charge in [-0.1, -0.05) is 6.08 Å². The van der Waals surface area contributed by atoms with Crippen molar-refractivity contribution >= 4 is 5.97 Å². The van der Waals surface area contributed by atoms with Crippen molar-refractivity contribution in [3.8, 4) is 0 Å². The van der Waals surface area contributed by atoms with E-state index in [2.05, 4.69) is 0 Å². The number of hydrogen-bond donors (Lipinski definition) is 1. The number of carboxylic acid groups (broad SMARTS) is 1. The van der Waals surface area contributed by atoms with Crippen LogP contribution in [0.2, 0.25) is 0 Å². The molecule has 0 saturated carbocycles. The molecule has 0 heterocycles. The summed E-state index contributed by atoms with van der Waals surface area (Å²) in [5.74, 6) is -0.891. The molecule has 0 unspecified atom stereocenters. The molecule has 0 aliphatic heterocycles. The molecule has 0 bridgehead atoms. The molecule has 0 aliphatic rings. The van der Waals surface area contributed by atoms with Gasteiger partial charge in [-0.15, -0.1) is 0 Å². The molecular weight excluding hydrogens is 171 g/mol. The van der Waals surface area contributed by atoms with Crippen LogP contribution < -0.4 is 0 Å². The van der Waals surface area contributed by atoms with Crippen LogP contribution >= 0.6 is 0 Å². The molecule has 0 aliphatic carbocycles. The zero-order chi connectivity index (χ0) is 4.99. The average Bonchev–Trinajstić information content (AvgIpc) is 1.35. The molecule has 0 fully saturated rings. The fourth-order valence-corrected chi connectivity index (χ4v) is 0.143. The maximum Gasteiger partial charge on any atom is 0.327 e. The van der Waals surface area contributed by atoms with Gasteiger partial charge in [-0.25, -0.2) is 4.79 Å². The molecule has 2 nitrogen and oxygen atoms in total. The van der Waals surface area contributed by atoms with Crippen molar-refractivity contribution < 1.29 is 36.1 Å². The molecule has 0 spiro atoms. The van der Waals surface area contributed by atoms with Crippen LogP contribution in [-0.2, 0) is 31.0 Å². The Morgan fingerprint density at radius 3 is 2.14 bits per heavy atom. The number of carbonyl (C=O) groups is 1. The minimum atomic E-state index is -0.891. The first-order valence-corrected chi connectivity index (χ1v) is 1.63. The third kappa shape index (κ3) is 10.7. The zero-order valence-corrected chi connectivity index (χ0v) is 6.47. The van der Waals surface area contributed by atoms with Crippen LogP contribution in [0.15, 0.2) is 12.2 Å². The molecule has 0 rings (SSSR count). The number of hydrogen-bond acceptors (Lipinski definition) is 1. The van der Waals surface area contributed by atoms with Crippen LogP contribution in [0.1, 0.15) is 6.92 Å². The maximum absolute atomic E-state index is 9.51. The molecular formula is C4H6O2Zr. The first kappa shape index (κ1) is 10.2. The molecule has 0 radical (unpaired) electrons. The van der Waals surface area contributed by atoms with Crippen molar-refractivity contribution in [2.75, 3.05) is 0 Å². The van der Waals surface area contributed by atoms with Gasteiger partial charge in [0.25, 0.3) is 0 Å². The minimum Gasteiger partial charge on any atom is -0.478 e. The Morgan fingerprint density at radius 1 is 1.71 bits per heavy atom. The van der Waals surface area contributed by atoms with Crippen LogP contribution in [0.3, 0.4) is 0 Å². The number of aliphatic carboxylic acids is 1. The first-order valence-electron chi connectivity index (χ1n) is 1.63. The Bertz CT molecular complexity index is 77.8. The van der Waals surface area contributed by atoms with E-state index in [-0.39, 0.29) is 26.2 Å². The third-order valence-electron chi connectivity index (χ3n) is 0.309. The van der Waals surface area contributed by atoms with Gasteiger partial charge < -0.3 is 5.11 Å². The number of carboxylic acids is 1. The molecule has 0 atom stereocenters. The molecule has 0 aromatic heterocycles. The van der Waals surface area contributed by atoms with Gasteiger partial charge >= 0.3 is 5.97 Å². The average molecular weight is 177 g/mol. The number of rotatable bonds is 1. The van der Waals surface area contributed by atoms with Gasteiger partial charge in [0.1, 0.15) is 0 Å². The van der Waals surface area contributed by atoms with Gasteiger partial charge in [0, 0.05) is 32.3 Å². The minimum absolute atomic E-state index is 0. The van der Waals surface area contributed by atoms with Crippen LogP contribution in [-0.4, -0.2) is 11.1 Å². The fourth-order valence-electron chi connectivity index (χ4n) is 0.143. The van der Waals surface area contributed by atoms with E-state index in [1.54, 1.807) is 6.92 Å². The summed E-state index contributed by atoms with van der Waals surface area (Å²) >= 11 is 0. The van der Waals surface area contributed by atoms with Gasteiger partial charge in [-0.2, -0.15) is 0 Å². The van der Waals surface area contributed by atoms with Gasteiger partial charge in [0.2, 0.25) is 0 Å². The summed E-state index contributed by atoms with van der Waals surface area (Å²) in [5, 5.41) is 7.83. The maximum atomic E-state index is 9.51. The van der Waals surface area contributed by atoms with Crippen molar-refractivity contribution in [1.82, 2.24) is 0 Å². The molecule has 1 N–H and O–H groups in total. The second-order valence-electron chi connectivity index (χ2n) is 0.838. The van der Waals surface area contributed by atoms with E-state index in [1.807, 2.05) is 0 Å². The van der Waals surface area contributed by atoms with Crippen molar-refractivity contribution in [2.24, 2.45) is 0 Å². The Labute approximate surface area is 61.3 Å². The monoisotopic (exact) mass is 176 g/mol.